The summed E-state index contributed by atoms with van der Waals surface area (Å²) in [7, 11) is -1.72. The molecule has 1 amide bonds. The third-order valence-corrected chi connectivity index (χ3v) is 3.05. The second-order valence-corrected chi connectivity index (χ2v) is 9.02. The van der Waals surface area contributed by atoms with Crippen molar-refractivity contribution in [3.8, 4) is 0 Å². The minimum absolute atomic E-state index is 0.336. The van der Waals surface area contributed by atoms with Gasteiger partial charge in [0.15, 0.2) is 8.32 Å². The van der Waals surface area contributed by atoms with Crippen LogP contribution in [0.1, 0.15) is 6.42 Å². The van der Waals surface area contributed by atoms with E-state index in [4.69, 9.17) is 14.3 Å². The summed E-state index contributed by atoms with van der Waals surface area (Å²) in [5.41, 5.74) is 0. The fraction of sp³-hybridized carbons (Fsp3) is 0.889. The third kappa shape index (κ3) is 4.19. The molecule has 6 heteroatoms. The van der Waals surface area contributed by atoms with Crippen LogP contribution in [0, 0.1) is 0 Å². The molecule has 0 saturated carbocycles. The van der Waals surface area contributed by atoms with Gasteiger partial charge in [-0.2, -0.15) is 0 Å². The molecule has 0 aromatic rings. The number of carboxylic acid groups (broad SMARTS) is 1. The van der Waals surface area contributed by atoms with Gasteiger partial charge in [0.2, 0.25) is 0 Å². The molecular formula is C9H19NO4Si. The van der Waals surface area contributed by atoms with Crippen LogP contribution in [-0.2, 0) is 9.16 Å². The third-order valence-electron chi connectivity index (χ3n) is 2.07. The SMILES string of the molecule is C[Si](C)(C)OC1CCOCCN1C(=O)O. The first kappa shape index (κ1) is 12.5. The van der Waals surface area contributed by atoms with Crippen molar-refractivity contribution >= 4 is 14.4 Å². The van der Waals surface area contributed by atoms with Gasteiger partial charge in [-0.1, -0.05) is 0 Å². The lowest BCUT2D eigenvalue weighted by Crippen LogP contribution is -2.46. The van der Waals surface area contributed by atoms with Crippen LogP contribution in [-0.4, -0.2) is 50.4 Å². The average molecular weight is 233 g/mol. The van der Waals surface area contributed by atoms with E-state index in [0.717, 1.165) is 0 Å². The van der Waals surface area contributed by atoms with Crippen LogP contribution in [0.3, 0.4) is 0 Å². The molecule has 88 valence electrons. The Hall–Kier alpha value is -0.593. The van der Waals surface area contributed by atoms with E-state index >= 15 is 0 Å². The Balaban J connectivity index is 2.66. The normalized spacial score (nSPS) is 23.7. The number of amides is 1. The molecular weight excluding hydrogens is 214 g/mol. The zero-order chi connectivity index (χ0) is 11.5. The maximum absolute atomic E-state index is 11.0. The maximum atomic E-state index is 11.0. The van der Waals surface area contributed by atoms with Gasteiger partial charge in [0.25, 0.3) is 0 Å². The number of rotatable bonds is 2. The summed E-state index contributed by atoms with van der Waals surface area (Å²) in [4.78, 5) is 12.3. The van der Waals surface area contributed by atoms with E-state index in [0.29, 0.717) is 26.2 Å². The molecule has 0 aliphatic carbocycles. The predicted octanol–water partition coefficient (Wildman–Crippen LogP) is 1.56. The maximum Gasteiger partial charge on any atom is 0.409 e. The largest absolute Gasteiger partial charge is 0.465 e. The van der Waals surface area contributed by atoms with Crippen molar-refractivity contribution in [3.05, 3.63) is 0 Å². The van der Waals surface area contributed by atoms with Gasteiger partial charge in [-0.15, -0.1) is 0 Å². The highest BCUT2D eigenvalue weighted by atomic mass is 28.4. The van der Waals surface area contributed by atoms with Gasteiger partial charge in [-0.3, -0.25) is 4.90 Å². The molecule has 5 nitrogen and oxygen atoms in total. The summed E-state index contributed by atoms with van der Waals surface area (Å²) in [5, 5.41) is 9.04. The van der Waals surface area contributed by atoms with Gasteiger partial charge in [-0.05, 0) is 19.6 Å². The summed E-state index contributed by atoms with van der Waals surface area (Å²) in [6, 6.07) is 0. The Morgan fingerprint density at radius 1 is 1.47 bits per heavy atom. The monoisotopic (exact) mass is 233 g/mol. The standard InChI is InChI=1S/C9H19NO4Si/c1-15(2,3)14-8-4-6-13-7-5-10(8)9(11)12/h8H,4-7H2,1-3H3,(H,11,12). The van der Waals surface area contributed by atoms with Crippen LogP contribution in [0.15, 0.2) is 0 Å². The van der Waals surface area contributed by atoms with Gasteiger partial charge in [0.1, 0.15) is 6.23 Å². The Morgan fingerprint density at radius 2 is 2.13 bits per heavy atom. The molecule has 0 aromatic carbocycles. The highest BCUT2D eigenvalue weighted by molar-refractivity contribution is 6.69. The van der Waals surface area contributed by atoms with E-state index in [-0.39, 0.29) is 6.23 Å². The van der Waals surface area contributed by atoms with Crippen LogP contribution >= 0.6 is 0 Å². The van der Waals surface area contributed by atoms with Gasteiger partial charge in [0.05, 0.1) is 13.2 Å². The van der Waals surface area contributed by atoms with Crippen LogP contribution < -0.4 is 0 Å². The lowest BCUT2D eigenvalue weighted by molar-refractivity contribution is 0.0287. The van der Waals surface area contributed by atoms with E-state index in [1.54, 1.807) is 0 Å². The molecule has 1 aliphatic heterocycles. The Bertz CT molecular complexity index is 229. The van der Waals surface area contributed by atoms with Crippen molar-refractivity contribution in [1.82, 2.24) is 4.90 Å². The first-order valence-corrected chi connectivity index (χ1v) is 8.56. The van der Waals surface area contributed by atoms with E-state index < -0.39 is 14.4 Å². The molecule has 0 bridgehead atoms. The van der Waals surface area contributed by atoms with E-state index in [2.05, 4.69) is 19.6 Å². The fourth-order valence-electron chi connectivity index (χ4n) is 1.50. The Labute approximate surface area is 91.1 Å². The van der Waals surface area contributed by atoms with E-state index in [9.17, 15) is 4.79 Å². The molecule has 1 atom stereocenters. The lowest BCUT2D eigenvalue weighted by atomic mass is 10.4. The summed E-state index contributed by atoms with van der Waals surface area (Å²) in [6.07, 6.45) is -0.642. The lowest BCUT2D eigenvalue weighted by Gasteiger charge is -2.32. The molecule has 1 rings (SSSR count). The summed E-state index contributed by atoms with van der Waals surface area (Å²) in [5.74, 6) is 0. The van der Waals surface area contributed by atoms with Crippen molar-refractivity contribution in [3.63, 3.8) is 0 Å². The molecule has 1 aliphatic rings. The van der Waals surface area contributed by atoms with Crippen molar-refractivity contribution < 1.29 is 19.1 Å². The number of carbonyl (C=O) groups is 1. The minimum atomic E-state index is -1.72. The summed E-state index contributed by atoms with van der Waals surface area (Å²) < 4.78 is 11.1. The van der Waals surface area contributed by atoms with Crippen LogP contribution in [0.25, 0.3) is 0 Å². The molecule has 1 heterocycles. The highest BCUT2D eigenvalue weighted by Gasteiger charge is 2.30. The Morgan fingerprint density at radius 3 is 2.67 bits per heavy atom. The summed E-state index contributed by atoms with van der Waals surface area (Å²) >= 11 is 0. The zero-order valence-electron chi connectivity index (χ0n) is 9.52. The quantitative estimate of drug-likeness (QED) is 0.735. The molecule has 0 radical (unpaired) electrons. The second-order valence-electron chi connectivity index (χ2n) is 4.56. The number of hydrogen-bond donors (Lipinski definition) is 1. The number of hydrogen-bond acceptors (Lipinski definition) is 3. The van der Waals surface area contributed by atoms with Crippen molar-refractivity contribution in [2.45, 2.75) is 32.3 Å². The molecule has 1 saturated heterocycles. The van der Waals surface area contributed by atoms with Gasteiger partial charge in [-0.25, -0.2) is 4.79 Å². The van der Waals surface area contributed by atoms with Gasteiger partial charge in [0, 0.05) is 13.0 Å². The van der Waals surface area contributed by atoms with Gasteiger partial charge >= 0.3 is 6.09 Å². The number of ether oxygens (including phenoxy) is 1. The molecule has 1 unspecified atom stereocenters. The molecule has 15 heavy (non-hydrogen) atoms. The second kappa shape index (κ2) is 4.96. The Kier molecular flexibility index (Phi) is 4.12. The smallest absolute Gasteiger partial charge is 0.409 e. The highest BCUT2D eigenvalue weighted by Crippen LogP contribution is 2.16. The molecule has 0 spiro atoms. The first-order chi connectivity index (χ1) is 6.90. The van der Waals surface area contributed by atoms with Crippen molar-refractivity contribution in [2.24, 2.45) is 0 Å². The molecule has 0 aromatic heterocycles. The fourth-order valence-corrected chi connectivity index (χ4v) is 2.56. The predicted molar refractivity (Wildman–Crippen MR) is 58.4 cm³/mol. The van der Waals surface area contributed by atoms with E-state index in [1.807, 2.05) is 0 Å². The van der Waals surface area contributed by atoms with Crippen LogP contribution in [0.5, 0.6) is 0 Å². The van der Waals surface area contributed by atoms with Crippen molar-refractivity contribution in [1.29, 1.82) is 0 Å². The van der Waals surface area contributed by atoms with E-state index in [1.165, 1.54) is 4.90 Å². The summed E-state index contributed by atoms with van der Waals surface area (Å²) in [6.45, 7) is 7.58. The first-order valence-electron chi connectivity index (χ1n) is 5.15. The average Bonchev–Trinajstić information content (AvgIpc) is 2.26. The minimum Gasteiger partial charge on any atom is -0.465 e. The van der Waals surface area contributed by atoms with Crippen LogP contribution in [0.2, 0.25) is 19.6 Å². The number of nitrogens with zero attached hydrogens (tertiary/aromatic N) is 1. The van der Waals surface area contributed by atoms with Gasteiger partial charge < -0.3 is 14.3 Å². The molecule has 1 fully saturated rings. The van der Waals surface area contributed by atoms with Crippen molar-refractivity contribution in [2.75, 3.05) is 19.8 Å². The topological polar surface area (TPSA) is 59.0 Å². The van der Waals surface area contributed by atoms with Crippen LogP contribution in [0.4, 0.5) is 4.79 Å². The zero-order valence-corrected chi connectivity index (χ0v) is 10.5. The molecule has 1 N–H and O–H groups in total.